The standard InChI is InChI=1S/C19H20N6O2/c1-14-7-8-16(17(26)13-14)18(27)23-9-11-24(12-10-23)19-20-21-22-25(19)15-5-3-2-4-6-15/h2-8,13,26H,9-12H2,1H3. The molecule has 0 aliphatic carbocycles. The second-order valence-electron chi connectivity index (χ2n) is 6.53. The molecule has 1 saturated heterocycles. The maximum absolute atomic E-state index is 12.7. The minimum absolute atomic E-state index is 0.0236. The number of phenolic OH excluding ortho intramolecular Hbond substituents is 1. The maximum atomic E-state index is 12.7. The van der Waals surface area contributed by atoms with Crippen LogP contribution in [-0.2, 0) is 0 Å². The Hall–Kier alpha value is -3.42. The Morgan fingerprint density at radius 2 is 1.78 bits per heavy atom. The summed E-state index contributed by atoms with van der Waals surface area (Å²) in [6.07, 6.45) is 0. The van der Waals surface area contributed by atoms with Gasteiger partial charge in [0.15, 0.2) is 0 Å². The minimum atomic E-state index is -0.158. The van der Waals surface area contributed by atoms with Crippen LogP contribution in [0.3, 0.4) is 0 Å². The number of aromatic nitrogens is 4. The van der Waals surface area contributed by atoms with Crippen molar-refractivity contribution in [3.8, 4) is 11.4 Å². The van der Waals surface area contributed by atoms with Gasteiger partial charge in [0.05, 0.1) is 11.3 Å². The fraction of sp³-hybridized carbons (Fsp3) is 0.263. The van der Waals surface area contributed by atoms with Crippen molar-refractivity contribution in [1.29, 1.82) is 0 Å². The number of carbonyl (C=O) groups excluding carboxylic acids is 1. The van der Waals surface area contributed by atoms with Gasteiger partial charge in [0, 0.05) is 26.2 Å². The normalized spacial score (nSPS) is 14.4. The Kier molecular flexibility index (Phi) is 4.45. The number of benzene rings is 2. The second-order valence-corrected chi connectivity index (χ2v) is 6.53. The highest BCUT2D eigenvalue weighted by Gasteiger charge is 2.26. The first-order valence-corrected chi connectivity index (χ1v) is 8.81. The van der Waals surface area contributed by atoms with Gasteiger partial charge < -0.3 is 14.9 Å². The summed E-state index contributed by atoms with van der Waals surface area (Å²) in [6, 6.07) is 14.8. The van der Waals surface area contributed by atoms with Crippen LogP contribution in [0.15, 0.2) is 48.5 Å². The molecule has 138 valence electrons. The molecular formula is C19H20N6O2. The highest BCUT2D eigenvalue weighted by molar-refractivity contribution is 5.97. The van der Waals surface area contributed by atoms with Crippen LogP contribution in [0.4, 0.5) is 5.95 Å². The van der Waals surface area contributed by atoms with Crippen molar-refractivity contribution in [2.45, 2.75) is 6.92 Å². The summed E-state index contributed by atoms with van der Waals surface area (Å²) in [4.78, 5) is 16.5. The molecule has 1 aliphatic rings. The molecule has 1 aromatic heterocycles. The SMILES string of the molecule is Cc1ccc(C(=O)N2CCN(c3nnnn3-c3ccccc3)CC2)c(O)c1. The lowest BCUT2D eigenvalue weighted by molar-refractivity contribution is 0.0743. The number of para-hydroxylation sites is 1. The topological polar surface area (TPSA) is 87.4 Å². The Labute approximate surface area is 156 Å². The summed E-state index contributed by atoms with van der Waals surface area (Å²) in [7, 11) is 0. The van der Waals surface area contributed by atoms with Gasteiger partial charge in [-0.2, -0.15) is 4.68 Å². The second kappa shape index (κ2) is 7.06. The van der Waals surface area contributed by atoms with Crippen LogP contribution in [0.1, 0.15) is 15.9 Å². The average molecular weight is 364 g/mol. The molecule has 0 saturated carbocycles. The quantitative estimate of drug-likeness (QED) is 0.760. The van der Waals surface area contributed by atoms with Gasteiger partial charge in [-0.15, -0.1) is 0 Å². The lowest BCUT2D eigenvalue weighted by Crippen LogP contribution is -2.49. The summed E-state index contributed by atoms with van der Waals surface area (Å²) in [5.41, 5.74) is 2.14. The zero-order valence-electron chi connectivity index (χ0n) is 15.0. The Bertz CT molecular complexity index is 948. The molecule has 0 atom stereocenters. The fourth-order valence-corrected chi connectivity index (χ4v) is 3.22. The van der Waals surface area contributed by atoms with Crippen LogP contribution in [0.25, 0.3) is 5.69 Å². The van der Waals surface area contributed by atoms with Gasteiger partial charge in [-0.05, 0) is 47.2 Å². The molecule has 2 aromatic carbocycles. The molecule has 8 nitrogen and oxygen atoms in total. The number of hydrogen-bond acceptors (Lipinski definition) is 6. The van der Waals surface area contributed by atoms with E-state index in [0.717, 1.165) is 11.3 Å². The first-order valence-electron chi connectivity index (χ1n) is 8.81. The highest BCUT2D eigenvalue weighted by atomic mass is 16.3. The molecule has 2 heterocycles. The number of phenols is 1. The molecule has 1 fully saturated rings. The van der Waals surface area contributed by atoms with Gasteiger partial charge >= 0.3 is 0 Å². The van der Waals surface area contributed by atoms with Crippen LogP contribution in [-0.4, -0.2) is 62.3 Å². The molecule has 0 unspecified atom stereocenters. The number of amides is 1. The zero-order valence-corrected chi connectivity index (χ0v) is 15.0. The minimum Gasteiger partial charge on any atom is -0.507 e. The van der Waals surface area contributed by atoms with Crippen molar-refractivity contribution in [3.05, 3.63) is 59.7 Å². The molecule has 0 spiro atoms. The summed E-state index contributed by atoms with van der Waals surface area (Å²) < 4.78 is 1.70. The van der Waals surface area contributed by atoms with Gasteiger partial charge in [0.1, 0.15) is 5.75 Å². The van der Waals surface area contributed by atoms with E-state index in [-0.39, 0.29) is 11.7 Å². The predicted molar refractivity (Wildman–Crippen MR) is 100 cm³/mol. The molecule has 3 aromatic rings. The zero-order chi connectivity index (χ0) is 18.8. The molecule has 0 bridgehead atoms. The molecule has 27 heavy (non-hydrogen) atoms. The third-order valence-corrected chi connectivity index (χ3v) is 4.69. The molecule has 8 heteroatoms. The number of aromatic hydroxyl groups is 1. The van der Waals surface area contributed by atoms with E-state index >= 15 is 0 Å². The number of nitrogens with zero attached hydrogens (tertiary/aromatic N) is 6. The van der Waals surface area contributed by atoms with Crippen molar-refractivity contribution in [1.82, 2.24) is 25.1 Å². The summed E-state index contributed by atoms with van der Waals surface area (Å²) in [5, 5.41) is 22.1. The van der Waals surface area contributed by atoms with Crippen LogP contribution < -0.4 is 4.90 Å². The number of hydrogen-bond donors (Lipinski definition) is 1. The predicted octanol–water partition coefficient (Wildman–Crippen LogP) is 1.64. The van der Waals surface area contributed by atoms with Gasteiger partial charge in [-0.1, -0.05) is 29.4 Å². The Morgan fingerprint density at radius 1 is 1.04 bits per heavy atom. The van der Waals surface area contributed by atoms with Gasteiger partial charge in [0.2, 0.25) is 5.95 Å². The smallest absolute Gasteiger partial charge is 0.257 e. The monoisotopic (exact) mass is 364 g/mol. The Balaban J connectivity index is 1.47. The summed E-state index contributed by atoms with van der Waals surface area (Å²) in [5.74, 6) is 0.525. The number of carbonyl (C=O) groups is 1. The van der Waals surface area contributed by atoms with Crippen molar-refractivity contribution in [3.63, 3.8) is 0 Å². The van der Waals surface area contributed by atoms with Crippen molar-refractivity contribution >= 4 is 11.9 Å². The van der Waals surface area contributed by atoms with E-state index in [1.807, 2.05) is 43.3 Å². The number of piperazine rings is 1. The van der Waals surface area contributed by atoms with E-state index in [9.17, 15) is 9.90 Å². The van der Waals surface area contributed by atoms with Crippen LogP contribution >= 0.6 is 0 Å². The van der Waals surface area contributed by atoms with E-state index in [2.05, 4.69) is 20.4 Å². The molecule has 0 radical (unpaired) electrons. The number of aryl methyl sites for hydroxylation is 1. The Morgan fingerprint density at radius 3 is 2.48 bits per heavy atom. The first-order chi connectivity index (χ1) is 13.1. The van der Waals surface area contributed by atoms with E-state index in [1.165, 1.54) is 0 Å². The maximum Gasteiger partial charge on any atom is 0.257 e. The number of rotatable bonds is 3. The molecule has 4 rings (SSSR count). The van der Waals surface area contributed by atoms with Crippen LogP contribution in [0.5, 0.6) is 5.75 Å². The van der Waals surface area contributed by atoms with E-state index in [4.69, 9.17) is 0 Å². The van der Waals surface area contributed by atoms with E-state index in [1.54, 1.807) is 21.7 Å². The van der Waals surface area contributed by atoms with Gasteiger partial charge in [-0.25, -0.2) is 0 Å². The van der Waals surface area contributed by atoms with Gasteiger partial charge in [-0.3, -0.25) is 4.79 Å². The average Bonchev–Trinajstić information content (AvgIpc) is 3.18. The van der Waals surface area contributed by atoms with Crippen molar-refractivity contribution in [2.75, 3.05) is 31.1 Å². The summed E-state index contributed by atoms with van der Waals surface area (Å²) >= 11 is 0. The van der Waals surface area contributed by atoms with Crippen molar-refractivity contribution in [2.24, 2.45) is 0 Å². The third-order valence-electron chi connectivity index (χ3n) is 4.69. The summed E-state index contributed by atoms with van der Waals surface area (Å²) in [6.45, 7) is 4.18. The molecule has 1 amide bonds. The fourth-order valence-electron chi connectivity index (χ4n) is 3.22. The largest absolute Gasteiger partial charge is 0.507 e. The van der Waals surface area contributed by atoms with Crippen molar-refractivity contribution < 1.29 is 9.90 Å². The van der Waals surface area contributed by atoms with E-state index in [0.29, 0.717) is 37.7 Å². The molecule has 1 aliphatic heterocycles. The van der Waals surface area contributed by atoms with Crippen LogP contribution in [0.2, 0.25) is 0 Å². The van der Waals surface area contributed by atoms with Crippen LogP contribution in [0, 0.1) is 6.92 Å². The first kappa shape index (κ1) is 17.0. The third kappa shape index (κ3) is 3.33. The van der Waals surface area contributed by atoms with Gasteiger partial charge in [0.25, 0.3) is 5.91 Å². The number of tetrazole rings is 1. The number of anilines is 1. The van der Waals surface area contributed by atoms with E-state index < -0.39 is 0 Å². The highest BCUT2D eigenvalue weighted by Crippen LogP contribution is 2.22. The lowest BCUT2D eigenvalue weighted by Gasteiger charge is -2.34. The lowest BCUT2D eigenvalue weighted by atomic mass is 10.1. The molecule has 1 N–H and O–H groups in total. The molecular weight excluding hydrogens is 344 g/mol.